The smallest absolute Gasteiger partial charge is 0.128 e. The standard InChI is InChI=1S/C11H15F2N/c1-7(2)5-11(14)9-6-8(12)3-4-10(9)13/h3-4,6-7,11H,5,14H2,1-2H3/t11-/m0/s1. The Hall–Kier alpha value is -0.960. The van der Waals surface area contributed by atoms with Crippen LogP contribution in [0.3, 0.4) is 0 Å². The Morgan fingerprint density at radius 1 is 1.29 bits per heavy atom. The first-order valence-electron chi connectivity index (χ1n) is 4.71. The second-order valence-electron chi connectivity index (χ2n) is 3.90. The van der Waals surface area contributed by atoms with Crippen molar-refractivity contribution >= 4 is 0 Å². The Morgan fingerprint density at radius 2 is 1.93 bits per heavy atom. The van der Waals surface area contributed by atoms with Crippen molar-refractivity contribution in [1.82, 2.24) is 0 Å². The molecule has 1 atom stereocenters. The zero-order valence-electron chi connectivity index (χ0n) is 8.43. The van der Waals surface area contributed by atoms with Crippen LogP contribution in [0, 0.1) is 17.6 Å². The minimum Gasteiger partial charge on any atom is -0.324 e. The molecular weight excluding hydrogens is 184 g/mol. The minimum atomic E-state index is -0.444. The first-order valence-corrected chi connectivity index (χ1v) is 4.71. The third kappa shape index (κ3) is 2.77. The third-order valence-electron chi connectivity index (χ3n) is 2.08. The molecule has 0 saturated heterocycles. The molecule has 0 aliphatic rings. The van der Waals surface area contributed by atoms with E-state index in [-0.39, 0.29) is 5.56 Å². The third-order valence-corrected chi connectivity index (χ3v) is 2.08. The fourth-order valence-corrected chi connectivity index (χ4v) is 1.43. The molecule has 0 heterocycles. The summed E-state index contributed by atoms with van der Waals surface area (Å²) in [7, 11) is 0. The molecule has 14 heavy (non-hydrogen) atoms. The summed E-state index contributed by atoms with van der Waals surface area (Å²) in [6.45, 7) is 3.99. The number of hydrogen-bond donors (Lipinski definition) is 1. The van der Waals surface area contributed by atoms with Crippen molar-refractivity contribution in [1.29, 1.82) is 0 Å². The van der Waals surface area contributed by atoms with Gasteiger partial charge in [0.25, 0.3) is 0 Å². The van der Waals surface area contributed by atoms with E-state index in [9.17, 15) is 8.78 Å². The van der Waals surface area contributed by atoms with Crippen molar-refractivity contribution in [3.05, 3.63) is 35.4 Å². The van der Waals surface area contributed by atoms with Crippen LogP contribution < -0.4 is 5.73 Å². The fourth-order valence-electron chi connectivity index (χ4n) is 1.43. The second kappa shape index (κ2) is 4.51. The number of rotatable bonds is 3. The number of hydrogen-bond acceptors (Lipinski definition) is 1. The van der Waals surface area contributed by atoms with Crippen molar-refractivity contribution in [3.63, 3.8) is 0 Å². The summed E-state index contributed by atoms with van der Waals surface area (Å²) in [5.74, 6) is -0.507. The first kappa shape index (κ1) is 11.1. The Morgan fingerprint density at radius 3 is 2.50 bits per heavy atom. The lowest BCUT2D eigenvalue weighted by Crippen LogP contribution is -2.14. The van der Waals surface area contributed by atoms with Crippen molar-refractivity contribution < 1.29 is 8.78 Å². The maximum Gasteiger partial charge on any atom is 0.128 e. The van der Waals surface area contributed by atoms with Gasteiger partial charge in [-0.2, -0.15) is 0 Å². The molecule has 1 nitrogen and oxygen atoms in total. The van der Waals surface area contributed by atoms with Gasteiger partial charge in [-0.1, -0.05) is 13.8 Å². The van der Waals surface area contributed by atoms with Gasteiger partial charge < -0.3 is 5.73 Å². The summed E-state index contributed by atoms with van der Waals surface area (Å²) in [4.78, 5) is 0. The van der Waals surface area contributed by atoms with Crippen LogP contribution in [0.15, 0.2) is 18.2 Å². The lowest BCUT2D eigenvalue weighted by atomic mass is 9.97. The Balaban J connectivity index is 2.88. The molecule has 0 bridgehead atoms. The van der Waals surface area contributed by atoms with E-state index in [1.165, 1.54) is 6.07 Å². The van der Waals surface area contributed by atoms with Crippen LogP contribution >= 0.6 is 0 Å². The second-order valence-corrected chi connectivity index (χ2v) is 3.90. The molecule has 2 N–H and O–H groups in total. The summed E-state index contributed by atoms with van der Waals surface area (Å²) < 4.78 is 26.0. The van der Waals surface area contributed by atoms with E-state index in [1.807, 2.05) is 13.8 Å². The summed E-state index contributed by atoms with van der Waals surface area (Å²) in [5, 5.41) is 0. The molecule has 0 aliphatic carbocycles. The normalized spacial score (nSPS) is 13.3. The van der Waals surface area contributed by atoms with Gasteiger partial charge in [-0.3, -0.25) is 0 Å². The van der Waals surface area contributed by atoms with Crippen LogP contribution in [0.1, 0.15) is 31.9 Å². The highest BCUT2D eigenvalue weighted by Crippen LogP contribution is 2.22. The van der Waals surface area contributed by atoms with Crippen molar-refractivity contribution in [2.24, 2.45) is 11.7 Å². The maximum atomic E-state index is 13.2. The van der Waals surface area contributed by atoms with Crippen LogP contribution in [0.4, 0.5) is 8.78 Å². The molecule has 1 aromatic carbocycles. The van der Waals surface area contributed by atoms with Gasteiger partial charge in [-0.25, -0.2) is 8.78 Å². The average Bonchev–Trinajstić information content (AvgIpc) is 2.08. The van der Waals surface area contributed by atoms with E-state index >= 15 is 0 Å². The largest absolute Gasteiger partial charge is 0.324 e. The molecule has 3 heteroatoms. The molecule has 1 aromatic rings. The Kier molecular flexibility index (Phi) is 3.58. The van der Waals surface area contributed by atoms with Gasteiger partial charge in [0.15, 0.2) is 0 Å². The molecule has 1 rings (SSSR count). The lowest BCUT2D eigenvalue weighted by Gasteiger charge is -2.15. The summed E-state index contributed by atoms with van der Waals surface area (Å²) in [6.07, 6.45) is 0.653. The van der Waals surface area contributed by atoms with Crippen molar-refractivity contribution in [3.8, 4) is 0 Å². The van der Waals surface area contributed by atoms with Gasteiger partial charge >= 0.3 is 0 Å². The molecule has 0 radical (unpaired) electrons. The van der Waals surface area contributed by atoms with Crippen LogP contribution in [0.2, 0.25) is 0 Å². The molecule has 0 aliphatic heterocycles. The zero-order valence-corrected chi connectivity index (χ0v) is 8.43. The SMILES string of the molecule is CC(C)C[C@H](N)c1cc(F)ccc1F. The highest BCUT2D eigenvalue weighted by Gasteiger charge is 2.13. The van der Waals surface area contributed by atoms with E-state index in [2.05, 4.69) is 0 Å². The van der Waals surface area contributed by atoms with Gasteiger partial charge in [-0.05, 0) is 30.5 Å². The summed E-state index contributed by atoms with van der Waals surface area (Å²) >= 11 is 0. The number of halogens is 2. The molecule has 0 aromatic heterocycles. The lowest BCUT2D eigenvalue weighted by molar-refractivity contribution is 0.484. The maximum absolute atomic E-state index is 13.2. The molecule has 0 unspecified atom stereocenters. The topological polar surface area (TPSA) is 26.0 Å². The van der Waals surface area contributed by atoms with Gasteiger partial charge in [0.1, 0.15) is 11.6 Å². The van der Waals surface area contributed by atoms with E-state index < -0.39 is 17.7 Å². The quantitative estimate of drug-likeness (QED) is 0.795. The van der Waals surface area contributed by atoms with Crippen LogP contribution in [-0.4, -0.2) is 0 Å². The number of nitrogens with two attached hydrogens (primary N) is 1. The van der Waals surface area contributed by atoms with E-state index in [4.69, 9.17) is 5.73 Å². The molecule has 0 amide bonds. The highest BCUT2D eigenvalue weighted by molar-refractivity contribution is 5.21. The van der Waals surface area contributed by atoms with Gasteiger partial charge in [0.05, 0.1) is 0 Å². The fraction of sp³-hybridized carbons (Fsp3) is 0.455. The van der Waals surface area contributed by atoms with Gasteiger partial charge in [-0.15, -0.1) is 0 Å². The van der Waals surface area contributed by atoms with Crippen LogP contribution in [-0.2, 0) is 0 Å². The highest BCUT2D eigenvalue weighted by atomic mass is 19.1. The minimum absolute atomic E-state index is 0.263. The Labute approximate surface area is 82.9 Å². The van der Waals surface area contributed by atoms with E-state index in [0.717, 1.165) is 12.1 Å². The molecule has 0 spiro atoms. The van der Waals surface area contributed by atoms with Gasteiger partial charge in [0.2, 0.25) is 0 Å². The zero-order chi connectivity index (χ0) is 10.7. The molecular formula is C11H15F2N. The summed E-state index contributed by atoms with van der Waals surface area (Å²) in [6, 6.07) is 2.96. The predicted molar refractivity (Wildman–Crippen MR) is 52.7 cm³/mol. The van der Waals surface area contributed by atoms with Crippen molar-refractivity contribution in [2.75, 3.05) is 0 Å². The molecule has 0 fully saturated rings. The summed E-state index contributed by atoms with van der Waals surface area (Å²) in [5.41, 5.74) is 6.02. The van der Waals surface area contributed by atoms with E-state index in [0.29, 0.717) is 12.3 Å². The van der Waals surface area contributed by atoms with Gasteiger partial charge in [0, 0.05) is 11.6 Å². The predicted octanol–water partition coefficient (Wildman–Crippen LogP) is 3.01. The van der Waals surface area contributed by atoms with Crippen molar-refractivity contribution in [2.45, 2.75) is 26.3 Å². The van der Waals surface area contributed by atoms with Crippen LogP contribution in [0.25, 0.3) is 0 Å². The number of benzene rings is 1. The monoisotopic (exact) mass is 199 g/mol. The Bertz CT molecular complexity index is 310. The first-order chi connectivity index (χ1) is 6.50. The van der Waals surface area contributed by atoms with Crippen LogP contribution in [0.5, 0.6) is 0 Å². The average molecular weight is 199 g/mol. The van der Waals surface area contributed by atoms with E-state index in [1.54, 1.807) is 0 Å². The molecule has 0 saturated carbocycles. The molecule has 78 valence electrons.